The van der Waals surface area contributed by atoms with Crippen molar-refractivity contribution >= 4 is 17.6 Å². The Kier molecular flexibility index (Phi) is 7.84. The van der Waals surface area contributed by atoms with Crippen LogP contribution in [0.15, 0.2) is 65.7 Å². The van der Waals surface area contributed by atoms with Crippen LogP contribution in [0.3, 0.4) is 0 Å². The predicted molar refractivity (Wildman–Crippen MR) is 101 cm³/mol. The highest BCUT2D eigenvalue weighted by molar-refractivity contribution is 5.94. The molecule has 0 atom stereocenters. The molecule has 0 saturated carbocycles. The molecule has 0 bridgehead atoms. The van der Waals surface area contributed by atoms with Crippen molar-refractivity contribution in [2.75, 3.05) is 32.1 Å². The standard InChI is InChI=1S/C19H24N4O2/c1-20-19(21-13-8-14-25-17-11-6-3-7-12-17)22-15-18(24)23-16-9-4-2-5-10-16/h2-7,9-12H,8,13-15H2,1H3,(H,23,24)(H2,20,21,22). The molecule has 0 heterocycles. The fourth-order valence-electron chi connectivity index (χ4n) is 2.10. The minimum Gasteiger partial charge on any atom is -0.494 e. The van der Waals surface area contributed by atoms with Crippen molar-refractivity contribution in [2.45, 2.75) is 6.42 Å². The van der Waals surface area contributed by atoms with Gasteiger partial charge in [0.1, 0.15) is 5.75 Å². The van der Waals surface area contributed by atoms with E-state index in [0.29, 0.717) is 19.1 Å². The maximum absolute atomic E-state index is 11.9. The van der Waals surface area contributed by atoms with E-state index in [-0.39, 0.29) is 12.5 Å². The lowest BCUT2D eigenvalue weighted by Gasteiger charge is -2.12. The van der Waals surface area contributed by atoms with Crippen molar-refractivity contribution in [3.63, 3.8) is 0 Å². The lowest BCUT2D eigenvalue weighted by atomic mass is 10.3. The van der Waals surface area contributed by atoms with E-state index in [1.54, 1.807) is 7.05 Å². The van der Waals surface area contributed by atoms with Crippen molar-refractivity contribution < 1.29 is 9.53 Å². The van der Waals surface area contributed by atoms with Gasteiger partial charge in [0.25, 0.3) is 0 Å². The van der Waals surface area contributed by atoms with Gasteiger partial charge in [0, 0.05) is 19.3 Å². The smallest absolute Gasteiger partial charge is 0.243 e. The molecule has 25 heavy (non-hydrogen) atoms. The number of rotatable bonds is 8. The molecule has 2 rings (SSSR count). The van der Waals surface area contributed by atoms with E-state index in [1.165, 1.54) is 0 Å². The molecular formula is C19H24N4O2. The number of carbonyl (C=O) groups excluding carboxylic acids is 1. The Labute approximate surface area is 148 Å². The van der Waals surface area contributed by atoms with E-state index in [0.717, 1.165) is 17.9 Å². The van der Waals surface area contributed by atoms with Crippen molar-refractivity contribution in [1.29, 1.82) is 0 Å². The summed E-state index contributed by atoms with van der Waals surface area (Å²) in [4.78, 5) is 16.0. The normalized spacial score (nSPS) is 10.8. The Bertz CT molecular complexity index is 660. The Morgan fingerprint density at radius 3 is 2.36 bits per heavy atom. The van der Waals surface area contributed by atoms with E-state index in [4.69, 9.17) is 4.74 Å². The molecule has 3 N–H and O–H groups in total. The van der Waals surface area contributed by atoms with Crippen molar-refractivity contribution in [3.05, 3.63) is 60.7 Å². The molecule has 0 aliphatic heterocycles. The third-order valence-electron chi connectivity index (χ3n) is 3.32. The van der Waals surface area contributed by atoms with Crippen LogP contribution in [0.2, 0.25) is 0 Å². The molecule has 6 nitrogen and oxygen atoms in total. The van der Waals surface area contributed by atoms with Crippen LogP contribution in [0.1, 0.15) is 6.42 Å². The molecule has 2 aromatic carbocycles. The Morgan fingerprint density at radius 2 is 1.68 bits per heavy atom. The maximum Gasteiger partial charge on any atom is 0.243 e. The Balaban J connectivity index is 1.59. The average molecular weight is 340 g/mol. The molecule has 0 radical (unpaired) electrons. The molecule has 0 fully saturated rings. The van der Waals surface area contributed by atoms with Gasteiger partial charge < -0.3 is 20.7 Å². The number of aliphatic imine (C=N–C) groups is 1. The minimum absolute atomic E-state index is 0.124. The topological polar surface area (TPSA) is 74.8 Å². The fraction of sp³-hybridized carbons (Fsp3) is 0.263. The summed E-state index contributed by atoms with van der Waals surface area (Å²) < 4.78 is 5.62. The van der Waals surface area contributed by atoms with Crippen LogP contribution in [0, 0.1) is 0 Å². The summed E-state index contributed by atoms with van der Waals surface area (Å²) in [5.74, 6) is 1.33. The van der Waals surface area contributed by atoms with Crippen molar-refractivity contribution in [1.82, 2.24) is 10.6 Å². The molecule has 0 saturated heterocycles. The number of ether oxygens (including phenoxy) is 1. The van der Waals surface area contributed by atoms with Crippen LogP contribution in [0.25, 0.3) is 0 Å². The van der Waals surface area contributed by atoms with Crippen LogP contribution in [-0.4, -0.2) is 38.6 Å². The highest BCUT2D eigenvalue weighted by Gasteiger charge is 2.03. The highest BCUT2D eigenvalue weighted by Crippen LogP contribution is 2.08. The number of benzene rings is 2. The number of nitrogens with zero attached hydrogens (tertiary/aromatic N) is 1. The van der Waals surface area contributed by atoms with Gasteiger partial charge in [-0.15, -0.1) is 0 Å². The number of para-hydroxylation sites is 2. The van der Waals surface area contributed by atoms with Crippen LogP contribution in [0.4, 0.5) is 5.69 Å². The number of anilines is 1. The third kappa shape index (κ3) is 7.39. The molecule has 0 spiro atoms. The van der Waals surface area contributed by atoms with Gasteiger partial charge in [-0.3, -0.25) is 9.79 Å². The first-order valence-corrected chi connectivity index (χ1v) is 8.25. The average Bonchev–Trinajstić information content (AvgIpc) is 2.65. The number of hydrogen-bond donors (Lipinski definition) is 3. The zero-order valence-electron chi connectivity index (χ0n) is 14.4. The zero-order valence-corrected chi connectivity index (χ0v) is 14.4. The van der Waals surface area contributed by atoms with Gasteiger partial charge in [-0.25, -0.2) is 0 Å². The first-order valence-electron chi connectivity index (χ1n) is 8.25. The van der Waals surface area contributed by atoms with Gasteiger partial charge >= 0.3 is 0 Å². The summed E-state index contributed by atoms with van der Waals surface area (Å²) in [6.07, 6.45) is 0.825. The van der Waals surface area contributed by atoms with Crippen molar-refractivity contribution in [3.8, 4) is 5.75 Å². The second kappa shape index (κ2) is 10.7. The van der Waals surface area contributed by atoms with E-state index in [1.807, 2.05) is 60.7 Å². The number of nitrogens with one attached hydrogen (secondary N) is 3. The van der Waals surface area contributed by atoms with Crippen LogP contribution < -0.4 is 20.7 Å². The van der Waals surface area contributed by atoms with Crippen LogP contribution >= 0.6 is 0 Å². The zero-order chi connectivity index (χ0) is 17.7. The molecular weight excluding hydrogens is 316 g/mol. The van der Waals surface area contributed by atoms with E-state index >= 15 is 0 Å². The molecule has 6 heteroatoms. The number of carbonyl (C=O) groups is 1. The van der Waals surface area contributed by atoms with Gasteiger partial charge in [-0.1, -0.05) is 36.4 Å². The first-order chi connectivity index (χ1) is 12.3. The van der Waals surface area contributed by atoms with Gasteiger partial charge in [-0.05, 0) is 30.7 Å². The second-order valence-electron chi connectivity index (χ2n) is 5.28. The summed E-state index contributed by atoms with van der Waals surface area (Å²) in [7, 11) is 1.67. The summed E-state index contributed by atoms with van der Waals surface area (Å²) >= 11 is 0. The van der Waals surface area contributed by atoms with Gasteiger partial charge in [0.15, 0.2) is 5.96 Å². The second-order valence-corrected chi connectivity index (χ2v) is 5.28. The van der Waals surface area contributed by atoms with Gasteiger partial charge in [0.2, 0.25) is 5.91 Å². The number of guanidine groups is 1. The minimum atomic E-state index is -0.124. The molecule has 132 valence electrons. The number of hydrogen-bond acceptors (Lipinski definition) is 3. The lowest BCUT2D eigenvalue weighted by Crippen LogP contribution is -2.41. The molecule has 0 unspecified atom stereocenters. The molecule has 0 aliphatic carbocycles. The number of amides is 1. The van der Waals surface area contributed by atoms with Crippen molar-refractivity contribution in [2.24, 2.45) is 4.99 Å². The predicted octanol–water partition coefficient (Wildman–Crippen LogP) is 2.26. The maximum atomic E-state index is 11.9. The lowest BCUT2D eigenvalue weighted by molar-refractivity contribution is -0.115. The van der Waals surface area contributed by atoms with E-state index < -0.39 is 0 Å². The largest absolute Gasteiger partial charge is 0.494 e. The summed E-state index contributed by atoms with van der Waals surface area (Å²) in [5.41, 5.74) is 0.773. The molecule has 1 amide bonds. The van der Waals surface area contributed by atoms with E-state index in [2.05, 4.69) is 20.9 Å². The molecule has 2 aromatic rings. The van der Waals surface area contributed by atoms with Gasteiger partial charge in [0.05, 0.1) is 13.2 Å². The monoisotopic (exact) mass is 340 g/mol. The van der Waals surface area contributed by atoms with E-state index in [9.17, 15) is 4.79 Å². The molecule has 0 aliphatic rings. The summed E-state index contributed by atoms with van der Waals surface area (Å²) in [6, 6.07) is 19.1. The summed E-state index contributed by atoms with van der Waals surface area (Å²) in [6.45, 7) is 1.46. The Hall–Kier alpha value is -3.02. The third-order valence-corrected chi connectivity index (χ3v) is 3.32. The quantitative estimate of drug-likeness (QED) is 0.391. The fourth-order valence-corrected chi connectivity index (χ4v) is 2.10. The first kappa shape index (κ1) is 18.3. The SMILES string of the molecule is CN=C(NCCCOc1ccccc1)NCC(=O)Nc1ccccc1. The van der Waals surface area contributed by atoms with Crippen LogP contribution in [0.5, 0.6) is 5.75 Å². The Morgan fingerprint density at radius 1 is 1.00 bits per heavy atom. The van der Waals surface area contributed by atoms with Crippen LogP contribution in [-0.2, 0) is 4.79 Å². The molecule has 0 aromatic heterocycles. The van der Waals surface area contributed by atoms with Gasteiger partial charge in [-0.2, -0.15) is 0 Å². The summed E-state index contributed by atoms with van der Waals surface area (Å²) in [5, 5.41) is 8.95. The highest BCUT2D eigenvalue weighted by atomic mass is 16.5.